The van der Waals surface area contributed by atoms with Crippen molar-refractivity contribution in [2.24, 2.45) is 0 Å². The van der Waals surface area contributed by atoms with E-state index in [1.54, 1.807) is 23.0 Å². The van der Waals surface area contributed by atoms with E-state index in [1.807, 2.05) is 25.4 Å². The molecule has 0 amide bonds. The number of aliphatic hydroxyl groups is 2. The molecular formula is C26H30ClFN6O3. The fourth-order valence-corrected chi connectivity index (χ4v) is 4.98. The van der Waals surface area contributed by atoms with E-state index in [-0.39, 0.29) is 31.0 Å². The van der Waals surface area contributed by atoms with Crippen LogP contribution in [0.25, 0.3) is 22.2 Å². The molecule has 1 fully saturated rings. The van der Waals surface area contributed by atoms with Gasteiger partial charge in [0.2, 0.25) is 0 Å². The maximum Gasteiger partial charge on any atom is 0.166 e. The van der Waals surface area contributed by atoms with Crippen molar-refractivity contribution in [2.75, 3.05) is 18.5 Å². The van der Waals surface area contributed by atoms with E-state index in [9.17, 15) is 9.50 Å². The number of ether oxygens (including phenoxy) is 1. The third-order valence-corrected chi connectivity index (χ3v) is 6.88. The van der Waals surface area contributed by atoms with Gasteiger partial charge >= 0.3 is 0 Å². The van der Waals surface area contributed by atoms with Crippen LogP contribution in [0.5, 0.6) is 5.75 Å². The molecular weight excluding hydrogens is 499 g/mol. The molecule has 0 unspecified atom stereocenters. The molecule has 3 aromatic heterocycles. The van der Waals surface area contributed by atoms with Gasteiger partial charge in [0.1, 0.15) is 11.5 Å². The van der Waals surface area contributed by atoms with Gasteiger partial charge in [0.05, 0.1) is 43.1 Å². The smallest absolute Gasteiger partial charge is 0.166 e. The first-order valence-electron chi connectivity index (χ1n) is 12.5. The molecule has 1 aliphatic rings. The largest absolute Gasteiger partial charge is 0.487 e. The van der Waals surface area contributed by atoms with E-state index in [4.69, 9.17) is 26.5 Å². The van der Waals surface area contributed by atoms with E-state index in [0.29, 0.717) is 5.02 Å². The molecule has 37 heavy (non-hydrogen) atoms. The van der Waals surface area contributed by atoms with Crippen molar-refractivity contribution in [3.8, 4) is 17.0 Å². The van der Waals surface area contributed by atoms with E-state index < -0.39 is 11.9 Å². The van der Waals surface area contributed by atoms with Crippen molar-refractivity contribution in [1.82, 2.24) is 24.5 Å². The van der Waals surface area contributed by atoms with Crippen molar-refractivity contribution in [1.29, 1.82) is 0 Å². The predicted octanol–water partition coefficient (Wildman–Crippen LogP) is 4.44. The Morgan fingerprint density at radius 3 is 2.76 bits per heavy atom. The van der Waals surface area contributed by atoms with E-state index >= 15 is 0 Å². The summed E-state index contributed by atoms with van der Waals surface area (Å²) in [6, 6.07) is 6.63. The molecule has 0 saturated heterocycles. The van der Waals surface area contributed by atoms with Crippen LogP contribution in [0, 0.1) is 5.82 Å². The van der Waals surface area contributed by atoms with Crippen molar-refractivity contribution in [3.63, 3.8) is 0 Å². The Morgan fingerprint density at radius 1 is 1.22 bits per heavy atom. The monoisotopic (exact) mass is 528 g/mol. The van der Waals surface area contributed by atoms with Crippen LogP contribution in [0.2, 0.25) is 5.02 Å². The molecule has 1 aromatic carbocycles. The van der Waals surface area contributed by atoms with Gasteiger partial charge in [0.15, 0.2) is 11.6 Å². The minimum absolute atomic E-state index is 0.0802. The van der Waals surface area contributed by atoms with Gasteiger partial charge in [-0.15, -0.1) is 0 Å². The molecule has 4 aromatic rings. The van der Waals surface area contributed by atoms with Gasteiger partial charge in [0, 0.05) is 41.0 Å². The van der Waals surface area contributed by atoms with E-state index in [0.717, 1.165) is 60.2 Å². The minimum Gasteiger partial charge on any atom is -0.487 e. The molecule has 5 rings (SSSR count). The molecule has 0 aliphatic heterocycles. The van der Waals surface area contributed by atoms with Crippen LogP contribution in [0.4, 0.5) is 10.2 Å². The summed E-state index contributed by atoms with van der Waals surface area (Å²) in [6.07, 6.45) is 7.58. The van der Waals surface area contributed by atoms with Gasteiger partial charge in [-0.25, -0.2) is 9.37 Å². The number of anilines is 1. The van der Waals surface area contributed by atoms with Crippen LogP contribution in [0.1, 0.15) is 38.6 Å². The van der Waals surface area contributed by atoms with Crippen LogP contribution < -0.4 is 10.1 Å². The second-order valence-electron chi connectivity index (χ2n) is 9.32. The summed E-state index contributed by atoms with van der Waals surface area (Å²) in [4.78, 5) is 4.55. The number of hydrogen-bond acceptors (Lipinski definition) is 7. The maximum absolute atomic E-state index is 14.2. The average Bonchev–Trinajstić information content (AvgIpc) is 3.50. The Kier molecular flexibility index (Phi) is 7.59. The van der Waals surface area contributed by atoms with Crippen LogP contribution >= 0.6 is 11.6 Å². The molecule has 1 saturated carbocycles. The highest BCUT2D eigenvalue weighted by Crippen LogP contribution is 2.37. The second kappa shape index (κ2) is 11.0. The molecule has 11 heteroatoms. The number of nitrogens with one attached hydrogen (secondary N) is 1. The summed E-state index contributed by atoms with van der Waals surface area (Å²) in [5, 5.41) is 32.8. The number of halogens is 2. The molecule has 0 spiro atoms. The number of aliphatic hydroxyl groups excluding tert-OH is 2. The number of rotatable bonds is 9. The van der Waals surface area contributed by atoms with Crippen molar-refractivity contribution in [3.05, 3.63) is 53.7 Å². The van der Waals surface area contributed by atoms with Crippen LogP contribution in [0.3, 0.4) is 0 Å². The standard InChI is InChI=1S/C26H30ClFN6O3/c1-2-29-25-10-23-21(12-30-25)26(16-11-31-33(13-16)14-19(36)15-35)32-34(23)18-4-6-20(7-5-18)37-24-8-3-17(27)9-22(24)28/h3,8-13,18-20,35-36H,2,4-7,14-15H2,1H3,(H,29,30)/t18-,19-,20+/m1/s1. The molecule has 3 N–H and O–H groups in total. The molecule has 9 nitrogen and oxygen atoms in total. The lowest BCUT2D eigenvalue weighted by Gasteiger charge is -2.29. The zero-order chi connectivity index (χ0) is 25.9. The summed E-state index contributed by atoms with van der Waals surface area (Å²) in [5.74, 6) is 0.553. The third-order valence-electron chi connectivity index (χ3n) is 6.64. The molecule has 3 heterocycles. The topological polar surface area (TPSA) is 110 Å². The Balaban J connectivity index is 1.39. The number of benzene rings is 1. The number of nitrogens with zero attached hydrogens (tertiary/aromatic N) is 5. The number of pyridine rings is 1. The Morgan fingerprint density at radius 2 is 2.03 bits per heavy atom. The zero-order valence-electron chi connectivity index (χ0n) is 20.5. The van der Waals surface area contributed by atoms with E-state index in [2.05, 4.69) is 20.1 Å². The molecule has 0 radical (unpaired) electrons. The second-order valence-corrected chi connectivity index (χ2v) is 9.76. The Bertz CT molecular complexity index is 1370. The maximum atomic E-state index is 14.2. The molecule has 196 valence electrons. The third kappa shape index (κ3) is 5.56. The summed E-state index contributed by atoms with van der Waals surface area (Å²) < 4.78 is 23.8. The van der Waals surface area contributed by atoms with Crippen molar-refractivity contribution >= 4 is 28.3 Å². The normalized spacial score (nSPS) is 18.7. The lowest BCUT2D eigenvalue weighted by molar-refractivity contribution is 0.0783. The summed E-state index contributed by atoms with van der Waals surface area (Å²) in [6.45, 7) is 2.63. The van der Waals surface area contributed by atoms with Gasteiger partial charge in [-0.2, -0.15) is 10.2 Å². The van der Waals surface area contributed by atoms with Crippen molar-refractivity contribution in [2.45, 2.75) is 57.4 Å². The predicted molar refractivity (Wildman–Crippen MR) is 139 cm³/mol. The highest BCUT2D eigenvalue weighted by molar-refractivity contribution is 6.30. The first-order valence-corrected chi connectivity index (χ1v) is 12.9. The lowest BCUT2D eigenvalue weighted by atomic mass is 9.93. The van der Waals surface area contributed by atoms with Gasteiger partial charge in [-0.3, -0.25) is 9.36 Å². The Labute approximate surface area is 218 Å². The van der Waals surface area contributed by atoms with Crippen LogP contribution in [-0.4, -0.2) is 60.1 Å². The fourth-order valence-electron chi connectivity index (χ4n) is 4.82. The van der Waals surface area contributed by atoms with Gasteiger partial charge in [-0.05, 0) is 50.8 Å². The van der Waals surface area contributed by atoms with Gasteiger partial charge in [-0.1, -0.05) is 11.6 Å². The SMILES string of the molecule is CCNc1cc2c(cn1)c(-c1cnn(C[C@@H](O)CO)c1)nn2[C@H]1CC[C@@H](Oc2ccc(Cl)cc2F)CC1. The van der Waals surface area contributed by atoms with Crippen LogP contribution in [-0.2, 0) is 6.54 Å². The molecule has 1 aliphatic carbocycles. The first kappa shape index (κ1) is 25.4. The molecule has 0 bridgehead atoms. The quantitative estimate of drug-likeness (QED) is 0.294. The van der Waals surface area contributed by atoms with Crippen molar-refractivity contribution < 1.29 is 19.3 Å². The number of hydrogen-bond donors (Lipinski definition) is 3. The van der Waals surface area contributed by atoms with Gasteiger partial charge in [0.25, 0.3) is 0 Å². The fraction of sp³-hybridized carbons (Fsp3) is 0.423. The first-order chi connectivity index (χ1) is 17.9. The highest BCUT2D eigenvalue weighted by Gasteiger charge is 2.27. The Hall–Kier alpha value is -3.21. The minimum atomic E-state index is -0.884. The number of fused-ring (bicyclic) bond motifs is 1. The van der Waals surface area contributed by atoms with E-state index in [1.165, 1.54) is 6.07 Å². The number of aromatic nitrogens is 5. The molecule has 1 atom stereocenters. The lowest BCUT2D eigenvalue weighted by Crippen LogP contribution is -2.26. The average molecular weight is 529 g/mol. The van der Waals surface area contributed by atoms with Crippen LogP contribution in [0.15, 0.2) is 42.9 Å². The van der Waals surface area contributed by atoms with Gasteiger partial charge < -0.3 is 20.3 Å². The summed E-state index contributed by atoms with van der Waals surface area (Å²) in [7, 11) is 0. The summed E-state index contributed by atoms with van der Waals surface area (Å²) in [5.41, 5.74) is 2.54. The highest BCUT2D eigenvalue weighted by atomic mass is 35.5. The zero-order valence-corrected chi connectivity index (χ0v) is 21.3. The summed E-state index contributed by atoms with van der Waals surface area (Å²) >= 11 is 5.86.